The van der Waals surface area contributed by atoms with E-state index in [0.717, 1.165) is 0 Å². The number of hydrogen-bond donors (Lipinski definition) is 3. The minimum Gasteiger partial charge on any atom is -0.497 e. The quantitative estimate of drug-likeness (QED) is 0.216. The molecule has 0 bridgehead atoms. The molecule has 3 aromatic rings. The fourth-order valence-electron chi connectivity index (χ4n) is 2.64. The Morgan fingerprint density at radius 2 is 1.82 bits per heavy atom. The second-order valence-corrected chi connectivity index (χ2v) is 8.56. The van der Waals surface area contributed by atoms with Crippen molar-refractivity contribution in [3.8, 4) is 5.75 Å². The number of esters is 1. The van der Waals surface area contributed by atoms with E-state index in [2.05, 4.69) is 19.7 Å². The average Bonchev–Trinajstić information content (AvgIpc) is 3.17. The lowest BCUT2D eigenvalue weighted by atomic mass is 10.1. The van der Waals surface area contributed by atoms with Gasteiger partial charge in [0.25, 0.3) is 10.0 Å². The number of nitrogens with zero attached hydrogens (tertiary/aromatic N) is 1. The van der Waals surface area contributed by atoms with E-state index in [1.165, 1.54) is 37.4 Å². The van der Waals surface area contributed by atoms with E-state index >= 15 is 0 Å². The first-order valence-electron chi connectivity index (χ1n) is 9.23. The molecule has 2 aromatic carbocycles. The fraction of sp³-hybridized carbons (Fsp3) is 0.150. The number of hydrogen-bond acceptors (Lipinski definition) is 9. The number of rotatable bonds is 10. The SMILES string of the molecule is COc1ccc(C(Nc2ccc(S(=O)(=O)Nc3cc(Cl)on3)cc2)OC(=O)CC(=O)O)cc1. The van der Waals surface area contributed by atoms with E-state index in [9.17, 15) is 18.0 Å². The molecule has 0 aliphatic heterocycles. The molecule has 33 heavy (non-hydrogen) atoms. The number of carbonyl (C=O) groups excluding carboxylic acids is 1. The number of benzene rings is 2. The minimum atomic E-state index is -3.96. The van der Waals surface area contributed by atoms with Gasteiger partial charge in [-0.3, -0.25) is 14.3 Å². The van der Waals surface area contributed by atoms with Gasteiger partial charge in [0.05, 0.1) is 12.0 Å². The van der Waals surface area contributed by atoms with Crippen molar-refractivity contribution in [1.29, 1.82) is 0 Å². The Balaban J connectivity index is 1.78. The van der Waals surface area contributed by atoms with Crippen molar-refractivity contribution in [2.24, 2.45) is 0 Å². The number of ether oxygens (including phenoxy) is 2. The van der Waals surface area contributed by atoms with Crippen LogP contribution in [-0.2, 0) is 24.3 Å². The highest BCUT2D eigenvalue weighted by Gasteiger charge is 2.20. The monoisotopic (exact) mass is 495 g/mol. The fourth-order valence-corrected chi connectivity index (χ4v) is 3.76. The second kappa shape index (κ2) is 10.2. The van der Waals surface area contributed by atoms with Crippen LogP contribution in [0.3, 0.4) is 0 Å². The maximum Gasteiger partial charge on any atom is 0.319 e. The maximum atomic E-state index is 12.5. The molecule has 3 N–H and O–H groups in total. The Hall–Kier alpha value is -3.77. The molecule has 0 amide bonds. The molecule has 3 rings (SSSR count). The highest BCUT2D eigenvalue weighted by molar-refractivity contribution is 7.92. The van der Waals surface area contributed by atoms with Gasteiger partial charge >= 0.3 is 11.9 Å². The van der Waals surface area contributed by atoms with Crippen molar-refractivity contribution in [3.63, 3.8) is 0 Å². The van der Waals surface area contributed by atoms with Gasteiger partial charge in [-0.25, -0.2) is 8.42 Å². The molecule has 1 atom stereocenters. The molecule has 1 aromatic heterocycles. The molecule has 0 spiro atoms. The van der Waals surface area contributed by atoms with Crippen LogP contribution in [-0.4, -0.2) is 37.7 Å². The highest BCUT2D eigenvalue weighted by Crippen LogP contribution is 2.25. The van der Waals surface area contributed by atoms with Crippen LogP contribution in [0.15, 0.2) is 64.0 Å². The lowest BCUT2D eigenvalue weighted by molar-refractivity contribution is -0.154. The summed E-state index contributed by atoms with van der Waals surface area (Å²) in [6.07, 6.45) is -1.86. The van der Waals surface area contributed by atoms with Gasteiger partial charge in [0.15, 0.2) is 12.0 Å². The summed E-state index contributed by atoms with van der Waals surface area (Å²) in [5, 5.41) is 15.1. The first kappa shape index (κ1) is 23.9. The molecule has 0 saturated carbocycles. The average molecular weight is 496 g/mol. The number of methoxy groups -OCH3 is 1. The first-order valence-corrected chi connectivity index (χ1v) is 11.1. The molecule has 1 heterocycles. The molecule has 0 radical (unpaired) electrons. The predicted octanol–water partition coefficient (Wildman–Crippen LogP) is 3.27. The van der Waals surface area contributed by atoms with Gasteiger partial charge in [-0.15, -0.1) is 0 Å². The van der Waals surface area contributed by atoms with Gasteiger partial charge < -0.3 is 24.4 Å². The topological polar surface area (TPSA) is 157 Å². The number of halogens is 1. The number of carboxylic acid groups (broad SMARTS) is 1. The molecule has 0 saturated heterocycles. The highest BCUT2D eigenvalue weighted by atomic mass is 35.5. The van der Waals surface area contributed by atoms with Crippen molar-refractivity contribution in [1.82, 2.24) is 5.16 Å². The molecule has 0 fully saturated rings. The minimum absolute atomic E-state index is 0.0731. The molecule has 0 aliphatic rings. The summed E-state index contributed by atoms with van der Waals surface area (Å²) in [4.78, 5) is 22.7. The number of aromatic nitrogens is 1. The summed E-state index contributed by atoms with van der Waals surface area (Å²) in [6, 6.07) is 13.3. The summed E-state index contributed by atoms with van der Waals surface area (Å²) >= 11 is 5.59. The molecule has 11 nitrogen and oxygen atoms in total. The van der Waals surface area contributed by atoms with Crippen molar-refractivity contribution < 1.29 is 37.1 Å². The van der Waals surface area contributed by atoms with Gasteiger partial charge in [-0.05, 0) is 60.1 Å². The van der Waals surface area contributed by atoms with Gasteiger partial charge in [0, 0.05) is 17.3 Å². The zero-order valence-corrected chi connectivity index (χ0v) is 18.6. The van der Waals surface area contributed by atoms with Crippen LogP contribution in [0, 0.1) is 0 Å². The Morgan fingerprint density at radius 1 is 1.15 bits per heavy atom. The molecular formula is C20H18ClN3O8S. The Labute approximate surface area is 193 Å². The van der Waals surface area contributed by atoms with E-state index in [1.807, 2.05) is 0 Å². The number of carboxylic acids is 1. The maximum absolute atomic E-state index is 12.5. The first-order chi connectivity index (χ1) is 15.7. The van der Waals surface area contributed by atoms with E-state index in [1.54, 1.807) is 24.3 Å². The van der Waals surface area contributed by atoms with Crippen LogP contribution in [0.4, 0.5) is 11.5 Å². The lowest BCUT2D eigenvalue weighted by Crippen LogP contribution is -2.20. The largest absolute Gasteiger partial charge is 0.497 e. The summed E-state index contributed by atoms with van der Waals surface area (Å²) < 4.78 is 42.2. The normalized spacial score (nSPS) is 11.9. The van der Waals surface area contributed by atoms with Crippen molar-refractivity contribution >= 4 is 45.1 Å². The molecule has 1 unspecified atom stereocenters. The van der Waals surface area contributed by atoms with Crippen molar-refractivity contribution in [2.75, 3.05) is 17.1 Å². The van der Waals surface area contributed by atoms with Gasteiger partial charge in [-0.1, -0.05) is 5.16 Å². The van der Waals surface area contributed by atoms with E-state index < -0.39 is 34.6 Å². The predicted molar refractivity (Wildman–Crippen MR) is 116 cm³/mol. The van der Waals surface area contributed by atoms with E-state index in [-0.39, 0.29) is 15.9 Å². The molecular weight excluding hydrogens is 478 g/mol. The Kier molecular flexibility index (Phi) is 7.41. The standard InChI is InChI=1S/C20H18ClN3O8S/c1-30-14-6-2-12(3-7-14)20(31-19(27)11-18(25)26)22-13-4-8-15(9-5-13)33(28,29)24-17-10-16(21)32-23-17/h2-10,20,22H,11H2,1H3,(H,23,24)(H,25,26). The van der Waals surface area contributed by atoms with Gasteiger partial charge in [0.2, 0.25) is 5.22 Å². The third-order valence-corrected chi connectivity index (χ3v) is 5.69. The van der Waals surface area contributed by atoms with Crippen molar-refractivity contribution in [2.45, 2.75) is 17.5 Å². The number of nitrogens with one attached hydrogen (secondary N) is 2. The third-order valence-electron chi connectivity index (χ3n) is 4.15. The van der Waals surface area contributed by atoms with Gasteiger partial charge in [-0.2, -0.15) is 0 Å². The summed E-state index contributed by atoms with van der Waals surface area (Å²) in [5.74, 6) is -1.79. The second-order valence-electron chi connectivity index (χ2n) is 6.50. The molecule has 174 valence electrons. The van der Waals surface area contributed by atoms with Crippen molar-refractivity contribution in [3.05, 3.63) is 65.4 Å². The number of carbonyl (C=O) groups is 2. The van der Waals surface area contributed by atoms with Crippen LogP contribution >= 0.6 is 11.6 Å². The summed E-state index contributed by atoms with van der Waals surface area (Å²) in [5.41, 5.74) is 0.915. The van der Waals surface area contributed by atoms with Gasteiger partial charge in [0.1, 0.15) is 12.2 Å². The van der Waals surface area contributed by atoms with Crippen LogP contribution in [0.5, 0.6) is 5.75 Å². The Morgan fingerprint density at radius 3 is 2.36 bits per heavy atom. The van der Waals surface area contributed by atoms with E-state index in [4.69, 9.17) is 26.2 Å². The number of aliphatic carboxylic acids is 1. The molecule has 13 heteroatoms. The zero-order chi connectivity index (χ0) is 24.0. The van der Waals surface area contributed by atoms with Crippen LogP contribution in [0.25, 0.3) is 0 Å². The van der Waals surface area contributed by atoms with Crippen LogP contribution in [0.2, 0.25) is 5.22 Å². The number of anilines is 2. The number of sulfonamides is 1. The van der Waals surface area contributed by atoms with Crippen LogP contribution in [0.1, 0.15) is 18.2 Å². The summed E-state index contributed by atoms with van der Waals surface area (Å²) in [6.45, 7) is 0. The Bertz CT molecular complexity index is 1230. The lowest BCUT2D eigenvalue weighted by Gasteiger charge is -2.21. The van der Waals surface area contributed by atoms with Crippen LogP contribution < -0.4 is 14.8 Å². The smallest absolute Gasteiger partial charge is 0.319 e. The zero-order valence-electron chi connectivity index (χ0n) is 17.0. The van der Waals surface area contributed by atoms with E-state index in [0.29, 0.717) is 17.0 Å². The third kappa shape index (κ3) is 6.60. The molecule has 0 aliphatic carbocycles. The summed E-state index contributed by atoms with van der Waals surface area (Å²) in [7, 11) is -2.46.